The standard InChI is InChI=1S/C12H26N2OS/c1-4-5-13-10-11(2)12(3)14-6-8-16(15)9-7-14/h11-13H,4-10H2,1-3H3. The van der Waals surface area contributed by atoms with E-state index >= 15 is 0 Å². The Kier molecular flexibility index (Phi) is 6.54. The van der Waals surface area contributed by atoms with Crippen molar-refractivity contribution >= 4 is 10.8 Å². The monoisotopic (exact) mass is 246 g/mol. The zero-order chi connectivity index (χ0) is 12.0. The molecule has 2 atom stereocenters. The summed E-state index contributed by atoms with van der Waals surface area (Å²) in [6, 6.07) is 0.599. The van der Waals surface area contributed by atoms with E-state index < -0.39 is 10.8 Å². The van der Waals surface area contributed by atoms with Crippen LogP contribution in [0.5, 0.6) is 0 Å². The van der Waals surface area contributed by atoms with E-state index in [4.69, 9.17) is 0 Å². The van der Waals surface area contributed by atoms with Gasteiger partial charge in [-0.15, -0.1) is 0 Å². The molecule has 16 heavy (non-hydrogen) atoms. The maximum atomic E-state index is 11.3. The second-order valence-corrected chi connectivity index (χ2v) is 6.50. The molecule has 1 aliphatic heterocycles. The molecule has 0 amide bonds. The Bertz CT molecular complexity index is 213. The first-order valence-electron chi connectivity index (χ1n) is 6.45. The first-order chi connectivity index (χ1) is 7.65. The fourth-order valence-corrected chi connectivity index (χ4v) is 3.18. The van der Waals surface area contributed by atoms with Crippen LogP contribution in [0.4, 0.5) is 0 Å². The van der Waals surface area contributed by atoms with Crippen LogP contribution in [0.25, 0.3) is 0 Å². The van der Waals surface area contributed by atoms with Crippen molar-refractivity contribution in [2.45, 2.75) is 33.2 Å². The molecule has 0 radical (unpaired) electrons. The molecule has 0 bridgehead atoms. The molecule has 1 saturated heterocycles. The van der Waals surface area contributed by atoms with E-state index in [1.54, 1.807) is 0 Å². The van der Waals surface area contributed by atoms with Gasteiger partial charge in [-0.05, 0) is 32.4 Å². The Morgan fingerprint density at radius 3 is 2.50 bits per heavy atom. The van der Waals surface area contributed by atoms with E-state index in [9.17, 15) is 4.21 Å². The van der Waals surface area contributed by atoms with Crippen molar-refractivity contribution in [3.05, 3.63) is 0 Å². The topological polar surface area (TPSA) is 32.3 Å². The smallest absolute Gasteiger partial charge is 0.0363 e. The molecule has 3 nitrogen and oxygen atoms in total. The molecule has 1 N–H and O–H groups in total. The largest absolute Gasteiger partial charge is 0.316 e. The second kappa shape index (κ2) is 7.41. The van der Waals surface area contributed by atoms with Gasteiger partial charge >= 0.3 is 0 Å². The zero-order valence-corrected chi connectivity index (χ0v) is 11.7. The summed E-state index contributed by atoms with van der Waals surface area (Å²) in [5.41, 5.74) is 0. The third-order valence-corrected chi connectivity index (χ3v) is 4.78. The van der Waals surface area contributed by atoms with Gasteiger partial charge in [0, 0.05) is 41.4 Å². The lowest BCUT2D eigenvalue weighted by Crippen LogP contribution is -2.47. The van der Waals surface area contributed by atoms with E-state index in [2.05, 4.69) is 31.0 Å². The fourth-order valence-electron chi connectivity index (χ4n) is 2.10. The van der Waals surface area contributed by atoms with Gasteiger partial charge in [-0.3, -0.25) is 9.11 Å². The Hall–Kier alpha value is 0.0700. The highest BCUT2D eigenvalue weighted by molar-refractivity contribution is 7.85. The van der Waals surface area contributed by atoms with Crippen molar-refractivity contribution in [2.24, 2.45) is 5.92 Å². The zero-order valence-electron chi connectivity index (χ0n) is 10.9. The lowest BCUT2D eigenvalue weighted by molar-refractivity contribution is 0.174. The van der Waals surface area contributed by atoms with E-state index in [0.29, 0.717) is 12.0 Å². The van der Waals surface area contributed by atoms with Crippen molar-refractivity contribution < 1.29 is 4.21 Å². The van der Waals surface area contributed by atoms with Gasteiger partial charge in [0.1, 0.15) is 0 Å². The van der Waals surface area contributed by atoms with Crippen LogP contribution in [-0.2, 0) is 10.8 Å². The molecule has 1 heterocycles. The molecule has 0 aromatic heterocycles. The summed E-state index contributed by atoms with van der Waals surface area (Å²) >= 11 is 0. The van der Waals surface area contributed by atoms with Crippen molar-refractivity contribution in [1.29, 1.82) is 0 Å². The quantitative estimate of drug-likeness (QED) is 0.712. The summed E-state index contributed by atoms with van der Waals surface area (Å²) in [7, 11) is -0.555. The van der Waals surface area contributed by atoms with Crippen LogP contribution in [-0.4, -0.2) is 52.8 Å². The molecule has 0 aromatic carbocycles. The average Bonchev–Trinajstić information content (AvgIpc) is 2.29. The van der Waals surface area contributed by atoms with Crippen LogP contribution in [0, 0.1) is 5.92 Å². The molecule has 2 unspecified atom stereocenters. The summed E-state index contributed by atoms with van der Waals surface area (Å²) < 4.78 is 11.3. The van der Waals surface area contributed by atoms with Crippen molar-refractivity contribution in [3.8, 4) is 0 Å². The highest BCUT2D eigenvalue weighted by atomic mass is 32.2. The molecular formula is C12H26N2OS. The maximum absolute atomic E-state index is 11.3. The van der Waals surface area contributed by atoms with E-state index in [0.717, 1.165) is 37.7 Å². The predicted molar refractivity (Wildman–Crippen MR) is 71.2 cm³/mol. The van der Waals surface area contributed by atoms with Crippen LogP contribution >= 0.6 is 0 Å². The summed E-state index contributed by atoms with van der Waals surface area (Å²) in [5, 5.41) is 3.48. The summed E-state index contributed by atoms with van der Waals surface area (Å²) in [4.78, 5) is 2.49. The highest BCUT2D eigenvalue weighted by Gasteiger charge is 2.23. The number of hydrogen-bond acceptors (Lipinski definition) is 3. The Morgan fingerprint density at radius 2 is 1.94 bits per heavy atom. The van der Waals surface area contributed by atoms with Crippen molar-refractivity contribution in [3.63, 3.8) is 0 Å². The van der Waals surface area contributed by atoms with Gasteiger partial charge in [0.15, 0.2) is 0 Å². The van der Waals surface area contributed by atoms with Gasteiger partial charge in [0.2, 0.25) is 0 Å². The number of nitrogens with zero attached hydrogens (tertiary/aromatic N) is 1. The van der Waals surface area contributed by atoms with Gasteiger partial charge in [-0.1, -0.05) is 13.8 Å². The van der Waals surface area contributed by atoms with Gasteiger partial charge < -0.3 is 5.32 Å². The fraction of sp³-hybridized carbons (Fsp3) is 1.00. The van der Waals surface area contributed by atoms with Crippen LogP contribution < -0.4 is 5.32 Å². The number of rotatable bonds is 6. The van der Waals surface area contributed by atoms with Gasteiger partial charge in [0.25, 0.3) is 0 Å². The average molecular weight is 246 g/mol. The molecule has 4 heteroatoms. The second-order valence-electron chi connectivity index (χ2n) is 4.81. The molecule has 96 valence electrons. The minimum atomic E-state index is -0.555. The van der Waals surface area contributed by atoms with Crippen molar-refractivity contribution in [1.82, 2.24) is 10.2 Å². The maximum Gasteiger partial charge on any atom is 0.0363 e. The normalized spacial score (nSPS) is 23.2. The molecule has 1 fully saturated rings. The van der Waals surface area contributed by atoms with Gasteiger partial charge in [0.05, 0.1) is 0 Å². The van der Waals surface area contributed by atoms with E-state index in [1.807, 2.05) is 0 Å². The minimum absolute atomic E-state index is 0.555. The lowest BCUT2D eigenvalue weighted by atomic mass is 10.0. The van der Waals surface area contributed by atoms with Crippen LogP contribution in [0.15, 0.2) is 0 Å². The minimum Gasteiger partial charge on any atom is -0.316 e. The highest BCUT2D eigenvalue weighted by Crippen LogP contribution is 2.12. The predicted octanol–water partition coefficient (Wildman–Crippen LogP) is 1.07. The van der Waals surface area contributed by atoms with Crippen LogP contribution in [0.1, 0.15) is 27.2 Å². The Balaban J connectivity index is 2.26. The summed E-state index contributed by atoms with van der Waals surface area (Å²) in [6.07, 6.45) is 1.20. The Labute approximate surface area is 102 Å². The van der Waals surface area contributed by atoms with E-state index in [-0.39, 0.29) is 0 Å². The summed E-state index contributed by atoms with van der Waals surface area (Å²) in [5.74, 6) is 2.39. The number of nitrogens with one attached hydrogen (secondary N) is 1. The molecule has 1 aliphatic rings. The molecule has 0 aliphatic carbocycles. The molecular weight excluding hydrogens is 220 g/mol. The number of hydrogen-bond donors (Lipinski definition) is 1. The molecule has 0 spiro atoms. The van der Waals surface area contributed by atoms with Crippen molar-refractivity contribution in [2.75, 3.05) is 37.7 Å². The van der Waals surface area contributed by atoms with E-state index in [1.165, 1.54) is 6.42 Å². The lowest BCUT2D eigenvalue weighted by Gasteiger charge is -2.35. The molecule has 0 saturated carbocycles. The SMILES string of the molecule is CCCNCC(C)C(C)N1CCS(=O)CC1. The van der Waals surface area contributed by atoms with Gasteiger partial charge in [-0.2, -0.15) is 0 Å². The first-order valence-corrected chi connectivity index (χ1v) is 7.93. The van der Waals surface area contributed by atoms with Crippen LogP contribution in [0.2, 0.25) is 0 Å². The third-order valence-electron chi connectivity index (χ3n) is 3.50. The van der Waals surface area contributed by atoms with Gasteiger partial charge in [-0.25, -0.2) is 0 Å². The van der Waals surface area contributed by atoms with Crippen LogP contribution in [0.3, 0.4) is 0 Å². The molecule has 1 rings (SSSR count). The first kappa shape index (κ1) is 14.1. The third kappa shape index (κ3) is 4.52. The molecule has 0 aromatic rings. The Morgan fingerprint density at radius 1 is 1.31 bits per heavy atom. The summed E-state index contributed by atoms with van der Waals surface area (Å²) in [6.45, 7) is 11.0.